The van der Waals surface area contributed by atoms with E-state index in [0.717, 1.165) is 22.2 Å². The van der Waals surface area contributed by atoms with E-state index in [4.69, 9.17) is 19.3 Å². The van der Waals surface area contributed by atoms with Gasteiger partial charge in [0.2, 0.25) is 0 Å². The first-order valence-electron chi connectivity index (χ1n) is 7.80. The molecule has 130 valence electrons. The van der Waals surface area contributed by atoms with Crippen molar-refractivity contribution in [2.75, 3.05) is 6.61 Å². The zero-order valence-electron chi connectivity index (χ0n) is 13.3. The molecule has 0 saturated carbocycles. The van der Waals surface area contributed by atoms with Crippen LogP contribution >= 0.6 is 8.38 Å². The summed E-state index contributed by atoms with van der Waals surface area (Å²) in [7, 11) is -1.38. The van der Waals surface area contributed by atoms with Gasteiger partial charge in [-0.2, -0.15) is 0 Å². The van der Waals surface area contributed by atoms with Crippen molar-refractivity contribution in [1.29, 1.82) is 0 Å². The molecule has 1 aliphatic heterocycles. The van der Waals surface area contributed by atoms with E-state index in [1.54, 1.807) is 0 Å². The van der Waals surface area contributed by atoms with Crippen molar-refractivity contribution in [3.8, 4) is 16.9 Å². The largest absolute Gasteiger partial charge is 0.481 e. The lowest BCUT2D eigenvalue weighted by Crippen LogP contribution is -2.21. The van der Waals surface area contributed by atoms with E-state index in [1.165, 1.54) is 0 Å². The summed E-state index contributed by atoms with van der Waals surface area (Å²) in [6.45, 7) is 0.118. The van der Waals surface area contributed by atoms with Gasteiger partial charge in [0, 0.05) is 5.56 Å². The SMILES string of the molecule is O=C(O)CC(CCOP1Oc2ccccc2-c2ccccc21)C(=O)O. The molecule has 0 spiro atoms. The standard InChI is InChI=1S/C18H17O6P/c19-17(20)11-12(18(21)22)9-10-23-25-16-8-4-2-6-14(16)13-5-1-3-7-15(13)24-25/h1-8,12H,9-11H2,(H,19,20)(H,21,22). The summed E-state index contributed by atoms with van der Waals surface area (Å²) in [6, 6.07) is 15.5. The molecule has 0 amide bonds. The van der Waals surface area contributed by atoms with E-state index >= 15 is 0 Å². The van der Waals surface area contributed by atoms with Crippen molar-refractivity contribution in [2.24, 2.45) is 5.92 Å². The van der Waals surface area contributed by atoms with Crippen molar-refractivity contribution in [3.63, 3.8) is 0 Å². The number of para-hydroxylation sites is 1. The highest BCUT2D eigenvalue weighted by Gasteiger charge is 2.28. The number of benzene rings is 2. The molecular weight excluding hydrogens is 343 g/mol. The molecule has 25 heavy (non-hydrogen) atoms. The molecule has 0 saturated heterocycles. The van der Waals surface area contributed by atoms with Crippen LogP contribution in [0.25, 0.3) is 11.1 Å². The summed E-state index contributed by atoms with van der Waals surface area (Å²) in [5, 5.41) is 18.8. The van der Waals surface area contributed by atoms with Crippen LogP contribution < -0.4 is 9.83 Å². The van der Waals surface area contributed by atoms with Gasteiger partial charge in [0.15, 0.2) is 0 Å². The Morgan fingerprint density at radius 3 is 2.44 bits per heavy atom. The minimum absolute atomic E-state index is 0.118. The van der Waals surface area contributed by atoms with Crippen molar-refractivity contribution >= 4 is 25.6 Å². The van der Waals surface area contributed by atoms with Gasteiger partial charge in [-0.1, -0.05) is 36.4 Å². The Hall–Kier alpha value is -2.43. The number of fused-ring (bicyclic) bond motifs is 3. The summed E-state index contributed by atoms with van der Waals surface area (Å²) in [4.78, 5) is 21.9. The third-order valence-electron chi connectivity index (χ3n) is 3.90. The highest BCUT2D eigenvalue weighted by Crippen LogP contribution is 2.49. The van der Waals surface area contributed by atoms with E-state index in [0.29, 0.717) is 0 Å². The maximum atomic E-state index is 11.1. The molecule has 3 rings (SSSR count). The molecule has 0 bridgehead atoms. The van der Waals surface area contributed by atoms with Gasteiger partial charge in [0.25, 0.3) is 8.38 Å². The molecule has 0 radical (unpaired) electrons. The Bertz CT molecular complexity index is 791. The molecule has 0 aromatic heterocycles. The molecule has 2 aromatic rings. The second-order valence-electron chi connectivity index (χ2n) is 5.62. The molecule has 2 N–H and O–H groups in total. The van der Waals surface area contributed by atoms with Gasteiger partial charge in [-0.05, 0) is 24.1 Å². The number of hydrogen-bond donors (Lipinski definition) is 2. The van der Waals surface area contributed by atoms with Crippen LogP contribution in [0.2, 0.25) is 0 Å². The average Bonchev–Trinajstić information content (AvgIpc) is 2.60. The predicted octanol–water partition coefficient (Wildman–Crippen LogP) is 3.27. The van der Waals surface area contributed by atoms with Gasteiger partial charge in [0.05, 0.1) is 24.3 Å². The quantitative estimate of drug-likeness (QED) is 0.736. The average molecular weight is 360 g/mol. The second-order valence-corrected chi connectivity index (χ2v) is 7.05. The smallest absolute Gasteiger partial charge is 0.307 e. The molecule has 2 atom stereocenters. The number of carboxylic acid groups (broad SMARTS) is 2. The van der Waals surface area contributed by atoms with Crippen LogP contribution in [0, 0.1) is 5.92 Å². The van der Waals surface area contributed by atoms with E-state index in [9.17, 15) is 9.59 Å². The molecule has 2 aromatic carbocycles. The number of rotatable bonds is 7. The topological polar surface area (TPSA) is 93.1 Å². The van der Waals surface area contributed by atoms with Gasteiger partial charge < -0.3 is 19.3 Å². The van der Waals surface area contributed by atoms with E-state index in [2.05, 4.69) is 0 Å². The van der Waals surface area contributed by atoms with Gasteiger partial charge in [0.1, 0.15) is 5.75 Å². The Morgan fingerprint density at radius 1 is 1.04 bits per heavy atom. The number of hydrogen-bond acceptors (Lipinski definition) is 4. The van der Waals surface area contributed by atoms with Crippen LogP contribution in [-0.4, -0.2) is 28.8 Å². The Kier molecular flexibility index (Phi) is 5.31. The van der Waals surface area contributed by atoms with Crippen molar-refractivity contribution in [3.05, 3.63) is 48.5 Å². The fourth-order valence-corrected chi connectivity index (χ4v) is 4.16. The Morgan fingerprint density at radius 2 is 1.72 bits per heavy atom. The zero-order chi connectivity index (χ0) is 17.8. The predicted molar refractivity (Wildman–Crippen MR) is 93.0 cm³/mol. The van der Waals surface area contributed by atoms with Gasteiger partial charge in [-0.3, -0.25) is 9.59 Å². The molecule has 1 aliphatic rings. The van der Waals surface area contributed by atoms with Crippen molar-refractivity contribution < 1.29 is 28.8 Å². The number of carboxylic acids is 2. The summed E-state index contributed by atoms with van der Waals surface area (Å²) >= 11 is 0. The molecular formula is C18H17O6P. The Labute approximate surface area is 145 Å². The summed E-state index contributed by atoms with van der Waals surface area (Å²) in [5.74, 6) is -2.51. The molecule has 7 heteroatoms. The van der Waals surface area contributed by atoms with Crippen LogP contribution in [0.5, 0.6) is 5.75 Å². The maximum Gasteiger partial charge on any atom is 0.307 e. The van der Waals surface area contributed by atoms with Crippen LogP contribution in [0.4, 0.5) is 0 Å². The third-order valence-corrected chi connectivity index (χ3v) is 5.47. The third kappa shape index (κ3) is 3.98. The molecule has 1 heterocycles. The lowest BCUT2D eigenvalue weighted by Gasteiger charge is -2.27. The highest BCUT2D eigenvalue weighted by molar-refractivity contribution is 7.56. The number of aliphatic carboxylic acids is 2. The second kappa shape index (κ2) is 7.64. The minimum Gasteiger partial charge on any atom is -0.481 e. The van der Waals surface area contributed by atoms with Crippen molar-refractivity contribution in [2.45, 2.75) is 12.8 Å². The number of carbonyl (C=O) groups is 2. The lowest BCUT2D eigenvalue weighted by molar-refractivity contribution is -0.148. The molecule has 0 fully saturated rings. The summed E-state index contributed by atoms with van der Waals surface area (Å²) in [5.41, 5.74) is 2.03. The van der Waals surface area contributed by atoms with Gasteiger partial charge >= 0.3 is 11.9 Å². The first kappa shape index (κ1) is 17.4. The fourth-order valence-electron chi connectivity index (χ4n) is 2.67. The first-order valence-corrected chi connectivity index (χ1v) is 8.98. The van der Waals surface area contributed by atoms with Gasteiger partial charge in [-0.25, -0.2) is 0 Å². The highest BCUT2D eigenvalue weighted by atomic mass is 31.2. The summed E-state index contributed by atoms with van der Waals surface area (Å²) in [6.07, 6.45) is -0.301. The van der Waals surface area contributed by atoms with Crippen molar-refractivity contribution in [1.82, 2.24) is 0 Å². The maximum absolute atomic E-state index is 11.1. The Balaban J connectivity index is 1.72. The first-order chi connectivity index (χ1) is 12.1. The van der Waals surface area contributed by atoms with Crippen LogP contribution in [0.3, 0.4) is 0 Å². The molecule has 2 unspecified atom stereocenters. The normalized spacial score (nSPS) is 16.2. The van der Waals surface area contributed by atoms with Crippen LogP contribution in [0.1, 0.15) is 12.8 Å². The van der Waals surface area contributed by atoms with E-state index in [1.807, 2.05) is 48.5 Å². The zero-order valence-corrected chi connectivity index (χ0v) is 14.2. The summed E-state index contributed by atoms with van der Waals surface area (Å²) < 4.78 is 11.8. The van der Waals surface area contributed by atoms with E-state index in [-0.39, 0.29) is 13.0 Å². The minimum atomic E-state index is -1.38. The monoisotopic (exact) mass is 360 g/mol. The molecule has 6 nitrogen and oxygen atoms in total. The fraction of sp³-hybridized carbons (Fsp3) is 0.222. The lowest BCUT2D eigenvalue weighted by atomic mass is 10.0. The van der Waals surface area contributed by atoms with Crippen LogP contribution in [0.15, 0.2) is 48.5 Å². The van der Waals surface area contributed by atoms with E-state index < -0.39 is 32.7 Å². The van der Waals surface area contributed by atoms with Gasteiger partial charge in [-0.15, -0.1) is 0 Å². The molecule has 0 aliphatic carbocycles. The van der Waals surface area contributed by atoms with Crippen LogP contribution in [-0.2, 0) is 14.1 Å².